The van der Waals surface area contributed by atoms with Crippen LogP contribution in [0.1, 0.15) is 21.5 Å². The first-order valence-corrected chi connectivity index (χ1v) is 11.5. The van der Waals surface area contributed by atoms with E-state index in [0.29, 0.717) is 32.7 Å². The van der Waals surface area contributed by atoms with Crippen molar-refractivity contribution < 1.29 is 13.2 Å². The molecule has 1 aliphatic rings. The number of halogens is 1. The van der Waals surface area contributed by atoms with E-state index in [-0.39, 0.29) is 11.4 Å². The topological polar surface area (TPSA) is 67.3 Å². The Bertz CT molecular complexity index is 1450. The summed E-state index contributed by atoms with van der Waals surface area (Å²) < 4.78 is 27.6. The molecular formula is C24H17ClN2O3S. The van der Waals surface area contributed by atoms with Gasteiger partial charge in [0.05, 0.1) is 28.2 Å². The zero-order chi connectivity index (χ0) is 21.8. The minimum atomic E-state index is -4.02. The summed E-state index contributed by atoms with van der Waals surface area (Å²) in [6.07, 6.45) is 0. The van der Waals surface area contributed by atoms with Gasteiger partial charge in [-0.2, -0.15) is 0 Å². The molecular weight excluding hydrogens is 432 g/mol. The summed E-state index contributed by atoms with van der Waals surface area (Å²) in [6, 6.07) is 21.0. The maximum absolute atomic E-state index is 13.5. The van der Waals surface area contributed by atoms with Crippen LogP contribution in [0, 0.1) is 6.92 Å². The van der Waals surface area contributed by atoms with E-state index in [2.05, 4.69) is 0 Å². The van der Waals surface area contributed by atoms with Crippen molar-refractivity contribution in [1.29, 1.82) is 0 Å². The molecule has 0 fully saturated rings. The first kappa shape index (κ1) is 19.7. The second-order valence-electron chi connectivity index (χ2n) is 7.47. The lowest BCUT2D eigenvalue weighted by atomic mass is 9.98. The van der Waals surface area contributed by atoms with Gasteiger partial charge in [-0.05, 0) is 31.2 Å². The van der Waals surface area contributed by atoms with Gasteiger partial charge in [-0.25, -0.2) is 17.7 Å². The highest BCUT2D eigenvalue weighted by Crippen LogP contribution is 2.38. The number of benzene rings is 3. The molecule has 0 N–H and O–H groups in total. The highest BCUT2D eigenvalue weighted by Gasteiger charge is 2.40. The summed E-state index contributed by atoms with van der Waals surface area (Å²) in [5.41, 5.74) is 3.84. The molecule has 5 rings (SSSR count). The Balaban J connectivity index is 1.73. The molecule has 1 aromatic heterocycles. The molecule has 1 aliphatic heterocycles. The van der Waals surface area contributed by atoms with E-state index in [1.54, 1.807) is 30.3 Å². The Labute approximate surface area is 185 Å². The number of pyridine rings is 1. The summed E-state index contributed by atoms with van der Waals surface area (Å²) in [4.78, 5) is 18.3. The van der Waals surface area contributed by atoms with Crippen molar-refractivity contribution in [1.82, 2.24) is 9.29 Å². The van der Waals surface area contributed by atoms with Gasteiger partial charge < -0.3 is 0 Å². The third-order valence-corrected chi connectivity index (χ3v) is 7.43. The molecule has 4 aromatic rings. The zero-order valence-corrected chi connectivity index (χ0v) is 18.1. The second-order valence-corrected chi connectivity index (χ2v) is 9.77. The van der Waals surface area contributed by atoms with E-state index < -0.39 is 15.9 Å². The molecule has 0 unspecified atom stereocenters. The molecule has 7 heteroatoms. The number of amides is 1. The lowest BCUT2D eigenvalue weighted by Crippen LogP contribution is -2.31. The number of rotatable bonds is 3. The molecule has 0 saturated heterocycles. The van der Waals surface area contributed by atoms with Gasteiger partial charge in [-0.3, -0.25) is 4.79 Å². The predicted octanol–water partition coefficient (Wildman–Crippen LogP) is 5.21. The molecule has 0 bridgehead atoms. The molecule has 0 atom stereocenters. The summed E-state index contributed by atoms with van der Waals surface area (Å²) >= 11 is 6.17. The molecule has 31 heavy (non-hydrogen) atoms. The molecule has 154 valence electrons. The van der Waals surface area contributed by atoms with Crippen molar-refractivity contribution >= 4 is 38.4 Å². The second kappa shape index (κ2) is 7.18. The van der Waals surface area contributed by atoms with E-state index in [1.807, 2.05) is 37.3 Å². The quantitative estimate of drug-likeness (QED) is 0.431. The maximum Gasteiger partial charge on any atom is 0.269 e. The number of hydrogen-bond donors (Lipinski definition) is 0. The van der Waals surface area contributed by atoms with Gasteiger partial charge in [0.2, 0.25) is 0 Å². The molecule has 2 heterocycles. The first-order chi connectivity index (χ1) is 14.9. The minimum Gasteiger partial charge on any atom is -0.268 e. The summed E-state index contributed by atoms with van der Waals surface area (Å²) in [7, 11) is -4.02. The van der Waals surface area contributed by atoms with Gasteiger partial charge in [0.15, 0.2) is 0 Å². The summed E-state index contributed by atoms with van der Waals surface area (Å²) in [5, 5.41) is 1.08. The van der Waals surface area contributed by atoms with Gasteiger partial charge in [0.1, 0.15) is 0 Å². The van der Waals surface area contributed by atoms with Crippen LogP contribution in [0.2, 0.25) is 5.02 Å². The molecule has 0 saturated carbocycles. The van der Waals surface area contributed by atoms with Gasteiger partial charge in [-0.1, -0.05) is 65.7 Å². The van der Waals surface area contributed by atoms with E-state index >= 15 is 0 Å². The minimum absolute atomic E-state index is 0.0693. The summed E-state index contributed by atoms with van der Waals surface area (Å²) in [6.45, 7) is 1.81. The highest BCUT2D eigenvalue weighted by atomic mass is 35.5. The normalized spacial score (nSPS) is 13.6. The van der Waals surface area contributed by atoms with Crippen molar-refractivity contribution in [2.75, 3.05) is 0 Å². The van der Waals surface area contributed by atoms with Crippen LogP contribution in [0.15, 0.2) is 77.7 Å². The Kier molecular flexibility index (Phi) is 4.57. The molecule has 1 amide bonds. The van der Waals surface area contributed by atoms with Gasteiger partial charge in [0, 0.05) is 21.5 Å². The fraction of sp³-hybridized carbons (Fsp3) is 0.0833. The fourth-order valence-electron chi connectivity index (χ4n) is 3.88. The molecule has 0 spiro atoms. The average Bonchev–Trinajstić information content (AvgIpc) is 3.12. The number of aromatic nitrogens is 1. The SMILES string of the molecule is Cc1ccc(S(=O)(=O)N2Cc3c(-c4ccccc4)nc4cc(Cl)ccc4c3C2=O)cc1. The molecule has 5 nitrogen and oxygen atoms in total. The van der Waals surface area contributed by atoms with Crippen molar-refractivity contribution in [3.63, 3.8) is 0 Å². The molecule has 0 aliphatic carbocycles. The molecule has 3 aromatic carbocycles. The number of sulfonamides is 1. The number of hydrogen-bond acceptors (Lipinski definition) is 4. The van der Waals surface area contributed by atoms with Crippen molar-refractivity contribution in [2.45, 2.75) is 18.4 Å². The number of nitrogens with zero attached hydrogens (tertiary/aromatic N) is 2. The van der Waals surface area contributed by atoms with Crippen LogP contribution in [0.5, 0.6) is 0 Å². The Hall–Kier alpha value is -3.22. The van der Waals surface area contributed by atoms with E-state index in [9.17, 15) is 13.2 Å². The van der Waals surface area contributed by atoms with Crippen LogP contribution >= 0.6 is 11.6 Å². The lowest BCUT2D eigenvalue weighted by molar-refractivity contribution is 0.0880. The maximum atomic E-state index is 13.5. The number of aryl methyl sites for hydroxylation is 1. The number of carbonyl (C=O) groups is 1. The van der Waals surface area contributed by atoms with Crippen molar-refractivity contribution in [3.8, 4) is 11.3 Å². The first-order valence-electron chi connectivity index (χ1n) is 9.67. The largest absolute Gasteiger partial charge is 0.269 e. The van der Waals surface area contributed by atoms with Gasteiger partial charge >= 0.3 is 0 Å². The van der Waals surface area contributed by atoms with Gasteiger partial charge in [-0.15, -0.1) is 0 Å². The van der Waals surface area contributed by atoms with Crippen LogP contribution < -0.4 is 0 Å². The third-order valence-electron chi connectivity index (χ3n) is 5.45. The standard InChI is InChI=1S/C24H17ClN2O3S/c1-15-7-10-18(11-8-15)31(29,30)27-14-20-22(24(27)28)19-12-9-17(25)13-21(19)26-23(20)16-5-3-2-4-6-16/h2-13H,14H2,1H3. The smallest absolute Gasteiger partial charge is 0.268 e. The highest BCUT2D eigenvalue weighted by molar-refractivity contribution is 7.89. The van der Waals surface area contributed by atoms with E-state index in [0.717, 1.165) is 15.4 Å². The lowest BCUT2D eigenvalue weighted by Gasteiger charge is -2.16. The Morgan fingerprint density at radius 1 is 0.968 bits per heavy atom. The Morgan fingerprint density at radius 3 is 2.39 bits per heavy atom. The zero-order valence-electron chi connectivity index (χ0n) is 16.5. The van der Waals surface area contributed by atoms with Crippen LogP contribution in [0.4, 0.5) is 0 Å². The number of fused-ring (bicyclic) bond motifs is 3. The molecule has 0 radical (unpaired) electrons. The van der Waals surface area contributed by atoms with Crippen LogP contribution in [0.3, 0.4) is 0 Å². The Morgan fingerprint density at radius 2 is 1.68 bits per heavy atom. The number of carbonyl (C=O) groups excluding carboxylic acids is 1. The predicted molar refractivity (Wildman–Crippen MR) is 120 cm³/mol. The average molecular weight is 449 g/mol. The van der Waals surface area contributed by atoms with Crippen molar-refractivity contribution in [3.05, 3.63) is 94.5 Å². The monoisotopic (exact) mass is 448 g/mol. The third kappa shape index (κ3) is 3.19. The fourth-order valence-corrected chi connectivity index (χ4v) is 5.39. The van der Waals surface area contributed by atoms with Crippen LogP contribution in [-0.2, 0) is 16.6 Å². The van der Waals surface area contributed by atoms with Crippen molar-refractivity contribution in [2.24, 2.45) is 0 Å². The van der Waals surface area contributed by atoms with E-state index in [4.69, 9.17) is 16.6 Å². The van der Waals surface area contributed by atoms with Crippen LogP contribution in [0.25, 0.3) is 22.2 Å². The summed E-state index contributed by atoms with van der Waals surface area (Å²) in [5.74, 6) is -0.553. The van der Waals surface area contributed by atoms with Crippen LogP contribution in [-0.4, -0.2) is 23.6 Å². The van der Waals surface area contributed by atoms with Gasteiger partial charge in [0.25, 0.3) is 15.9 Å². The van der Waals surface area contributed by atoms with E-state index in [1.165, 1.54) is 12.1 Å².